The van der Waals surface area contributed by atoms with Crippen molar-refractivity contribution in [2.45, 2.75) is 18.2 Å². The van der Waals surface area contributed by atoms with Crippen molar-refractivity contribution in [1.82, 2.24) is 10.2 Å². The molecule has 0 saturated carbocycles. The smallest absolute Gasteiger partial charge is 0.277 e. The van der Waals surface area contributed by atoms with E-state index in [0.717, 1.165) is 22.4 Å². The first-order chi connectivity index (χ1) is 15.7. The van der Waals surface area contributed by atoms with Crippen LogP contribution < -0.4 is 9.64 Å². The molecular weight excluding hydrogens is 422 g/mol. The maximum absolute atomic E-state index is 13.4. The number of aromatic nitrogens is 2. The number of anilines is 1. The van der Waals surface area contributed by atoms with E-state index in [1.807, 2.05) is 90.7 Å². The molecule has 6 nitrogen and oxygen atoms in total. The molecular formula is C25H21N3O3S. The minimum absolute atomic E-state index is 0.0466. The third-order valence-electron chi connectivity index (χ3n) is 5.31. The average molecular weight is 444 g/mol. The Labute approximate surface area is 190 Å². The molecule has 1 aliphatic heterocycles. The summed E-state index contributed by atoms with van der Waals surface area (Å²) in [6.45, 7) is 2.42. The Morgan fingerprint density at radius 3 is 2.56 bits per heavy atom. The van der Waals surface area contributed by atoms with Crippen molar-refractivity contribution in [1.29, 1.82) is 0 Å². The third-order valence-corrected chi connectivity index (χ3v) is 6.11. The number of carbonyl (C=O) groups is 1. The minimum atomic E-state index is -0.204. The number of nitrogens with zero attached hydrogens (tertiary/aromatic N) is 3. The SMILES string of the molecule is Cc1ccc(-c2nnc(SCC(=O)N3c4ccccc4OC[C@H]3c3ccccc3)o2)cc1. The van der Waals surface area contributed by atoms with E-state index in [1.165, 1.54) is 11.8 Å². The van der Waals surface area contributed by atoms with Gasteiger partial charge in [-0.15, -0.1) is 10.2 Å². The van der Waals surface area contributed by atoms with Crippen LogP contribution in [0, 0.1) is 6.92 Å². The van der Waals surface area contributed by atoms with Gasteiger partial charge in [-0.25, -0.2) is 0 Å². The standard InChI is InChI=1S/C25H21N3O3S/c1-17-11-13-19(14-12-17)24-26-27-25(31-24)32-16-23(29)28-20-9-5-6-10-22(20)30-15-21(28)18-7-3-2-4-8-18/h2-14,21H,15-16H2,1H3/t21-/m0/s1. The van der Waals surface area contributed by atoms with Gasteiger partial charge in [-0.2, -0.15) is 0 Å². The second-order valence-electron chi connectivity index (χ2n) is 7.50. The fourth-order valence-electron chi connectivity index (χ4n) is 3.69. The first-order valence-electron chi connectivity index (χ1n) is 10.3. The number of hydrogen-bond acceptors (Lipinski definition) is 6. The molecule has 0 spiro atoms. The van der Waals surface area contributed by atoms with Gasteiger partial charge in [0.15, 0.2) is 0 Å². The van der Waals surface area contributed by atoms with Gasteiger partial charge in [0.1, 0.15) is 12.4 Å². The lowest BCUT2D eigenvalue weighted by Crippen LogP contribution is -2.42. The number of aryl methyl sites for hydroxylation is 1. The number of benzene rings is 3. The summed E-state index contributed by atoms with van der Waals surface area (Å²) >= 11 is 1.24. The molecule has 1 atom stereocenters. The molecule has 0 bridgehead atoms. The Morgan fingerprint density at radius 1 is 1.00 bits per heavy atom. The van der Waals surface area contributed by atoms with Gasteiger partial charge in [-0.1, -0.05) is 71.9 Å². The molecule has 0 radical (unpaired) electrons. The largest absolute Gasteiger partial charge is 0.489 e. The monoisotopic (exact) mass is 443 g/mol. The Morgan fingerprint density at radius 2 is 1.75 bits per heavy atom. The van der Waals surface area contributed by atoms with Crippen LogP contribution in [0.1, 0.15) is 17.2 Å². The lowest BCUT2D eigenvalue weighted by Gasteiger charge is -2.37. The van der Waals surface area contributed by atoms with Crippen LogP contribution in [0.15, 0.2) is 88.5 Å². The quantitative estimate of drug-likeness (QED) is 0.390. The number of carbonyl (C=O) groups excluding carboxylic acids is 1. The number of hydrogen-bond donors (Lipinski definition) is 0. The van der Waals surface area contributed by atoms with E-state index in [2.05, 4.69) is 10.2 Å². The number of para-hydroxylation sites is 2. The number of amides is 1. The summed E-state index contributed by atoms with van der Waals surface area (Å²) in [6.07, 6.45) is 0. The summed E-state index contributed by atoms with van der Waals surface area (Å²) in [7, 11) is 0. The van der Waals surface area contributed by atoms with Gasteiger partial charge in [0.05, 0.1) is 17.5 Å². The molecule has 0 fully saturated rings. The maximum atomic E-state index is 13.4. The zero-order valence-electron chi connectivity index (χ0n) is 17.5. The lowest BCUT2D eigenvalue weighted by atomic mass is 10.0. The van der Waals surface area contributed by atoms with E-state index in [4.69, 9.17) is 9.15 Å². The molecule has 3 aromatic carbocycles. The van der Waals surface area contributed by atoms with Crippen LogP contribution in [0.4, 0.5) is 5.69 Å². The average Bonchev–Trinajstić information content (AvgIpc) is 3.32. The van der Waals surface area contributed by atoms with Crippen LogP contribution >= 0.6 is 11.8 Å². The highest BCUT2D eigenvalue weighted by atomic mass is 32.2. The molecule has 4 aromatic rings. The topological polar surface area (TPSA) is 68.5 Å². The van der Waals surface area contributed by atoms with Crippen LogP contribution in [-0.2, 0) is 4.79 Å². The molecule has 0 unspecified atom stereocenters. The first kappa shape index (κ1) is 20.3. The molecule has 0 N–H and O–H groups in total. The van der Waals surface area contributed by atoms with Gasteiger partial charge in [-0.05, 0) is 36.8 Å². The van der Waals surface area contributed by atoms with E-state index < -0.39 is 0 Å². The van der Waals surface area contributed by atoms with E-state index in [0.29, 0.717) is 23.5 Å². The third kappa shape index (κ3) is 4.11. The zero-order valence-corrected chi connectivity index (χ0v) is 18.3. The van der Waals surface area contributed by atoms with E-state index in [9.17, 15) is 4.79 Å². The van der Waals surface area contributed by atoms with Crippen molar-refractivity contribution in [3.05, 3.63) is 90.0 Å². The summed E-state index contributed by atoms with van der Waals surface area (Å²) in [5.74, 6) is 1.28. The number of ether oxygens (including phenoxy) is 1. The predicted octanol–water partition coefficient (Wildman–Crippen LogP) is 5.30. The van der Waals surface area contributed by atoms with Crippen molar-refractivity contribution >= 4 is 23.4 Å². The van der Waals surface area contributed by atoms with Crippen LogP contribution in [0.2, 0.25) is 0 Å². The van der Waals surface area contributed by atoms with Crippen molar-refractivity contribution in [3.63, 3.8) is 0 Å². The van der Waals surface area contributed by atoms with Crippen LogP contribution in [0.25, 0.3) is 11.5 Å². The molecule has 1 amide bonds. The number of thioether (sulfide) groups is 1. The van der Waals surface area contributed by atoms with E-state index >= 15 is 0 Å². The van der Waals surface area contributed by atoms with Crippen molar-refractivity contribution in [2.24, 2.45) is 0 Å². The molecule has 5 rings (SSSR count). The normalized spacial score (nSPS) is 15.2. The number of fused-ring (bicyclic) bond motifs is 1. The maximum Gasteiger partial charge on any atom is 0.277 e. The highest BCUT2D eigenvalue weighted by Gasteiger charge is 2.33. The van der Waals surface area contributed by atoms with Gasteiger partial charge < -0.3 is 9.15 Å². The summed E-state index contributed by atoms with van der Waals surface area (Å²) in [4.78, 5) is 15.2. The molecule has 1 aliphatic rings. The van der Waals surface area contributed by atoms with Gasteiger partial charge >= 0.3 is 0 Å². The summed E-state index contributed by atoms with van der Waals surface area (Å²) < 4.78 is 11.7. The summed E-state index contributed by atoms with van der Waals surface area (Å²) in [5.41, 5.74) is 3.81. The summed E-state index contributed by atoms with van der Waals surface area (Å²) in [5, 5.41) is 8.59. The van der Waals surface area contributed by atoms with Crippen LogP contribution in [0.3, 0.4) is 0 Å². The van der Waals surface area contributed by atoms with Crippen molar-refractivity contribution < 1.29 is 13.9 Å². The zero-order chi connectivity index (χ0) is 21.9. The van der Waals surface area contributed by atoms with Gasteiger partial charge in [0.2, 0.25) is 11.8 Å². The van der Waals surface area contributed by atoms with Gasteiger partial charge in [0.25, 0.3) is 5.22 Å². The highest BCUT2D eigenvalue weighted by Crippen LogP contribution is 2.39. The van der Waals surface area contributed by atoms with Crippen LogP contribution in [-0.4, -0.2) is 28.5 Å². The Bertz CT molecular complexity index is 1220. The molecule has 0 aliphatic carbocycles. The molecule has 0 saturated heterocycles. The Balaban J connectivity index is 1.36. The second kappa shape index (κ2) is 8.88. The Kier molecular flexibility index (Phi) is 5.64. The van der Waals surface area contributed by atoms with Gasteiger partial charge in [-0.3, -0.25) is 9.69 Å². The first-order valence-corrected chi connectivity index (χ1v) is 11.3. The molecule has 2 heterocycles. The highest BCUT2D eigenvalue weighted by molar-refractivity contribution is 7.99. The fourth-order valence-corrected chi connectivity index (χ4v) is 4.31. The molecule has 1 aromatic heterocycles. The van der Waals surface area contributed by atoms with Gasteiger partial charge in [0, 0.05) is 5.56 Å². The van der Waals surface area contributed by atoms with E-state index in [1.54, 1.807) is 0 Å². The summed E-state index contributed by atoms with van der Waals surface area (Å²) in [6, 6.07) is 25.2. The second-order valence-corrected chi connectivity index (χ2v) is 8.42. The predicted molar refractivity (Wildman–Crippen MR) is 124 cm³/mol. The lowest BCUT2D eigenvalue weighted by molar-refractivity contribution is -0.117. The van der Waals surface area contributed by atoms with Crippen molar-refractivity contribution in [2.75, 3.05) is 17.3 Å². The molecule has 32 heavy (non-hydrogen) atoms. The minimum Gasteiger partial charge on any atom is -0.489 e. The fraction of sp³-hybridized carbons (Fsp3) is 0.160. The van der Waals surface area contributed by atoms with Crippen molar-refractivity contribution in [3.8, 4) is 17.2 Å². The molecule has 160 valence electrons. The number of rotatable bonds is 5. The van der Waals surface area contributed by atoms with E-state index in [-0.39, 0.29) is 17.7 Å². The molecule has 7 heteroatoms. The Hall–Kier alpha value is -3.58. The van der Waals surface area contributed by atoms with Crippen LogP contribution in [0.5, 0.6) is 5.75 Å².